The number of benzene rings is 1. The highest BCUT2D eigenvalue weighted by Crippen LogP contribution is 2.34. The fraction of sp³-hybridized carbons (Fsp3) is 0.333. The van der Waals surface area contributed by atoms with Crippen LogP contribution >= 0.6 is 23.2 Å². The summed E-state index contributed by atoms with van der Waals surface area (Å²) in [6, 6.07) is 2.90. The molecule has 18 heavy (non-hydrogen) atoms. The molecule has 1 aliphatic heterocycles. The van der Waals surface area contributed by atoms with Crippen molar-refractivity contribution in [3.05, 3.63) is 27.7 Å². The first-order valence-electron chi connectivity index (χ1n) is 5.43. The molecule has 1 fully saturated rings. The number of carbonyl (C=O) groups excluding carboxylic acids is 2. The Morgan fingerprint density at radius 2 is 2.00 bits per heavy atom. The Morgan fingerprint density at radius 3 is 2.56 bits per heavy atom. The van der Waals surface area contributed by atoms with Gasteiger partial charge >= 0.3 is 0 Å². The van der Waals surface area contributed by atoms with E-state index >= 15 is 0 Å². The molecule has 0 saturated carbocycles. The van der Waals surface area contributed by atoms with Crippen LogP contribution in [0.5, 0.6) is 0 Å². The summed E-state index contributed by atoms with van der Waals surface area (Å²) in [4.78, 5) is 24.3. The van der Waals surface area contributed by atoms with Gasteiger partial charge in [-0.1, -0.05) is 29.3 Å². The van der Waals surface area contributed by atoms with Crippen LogP contribution in [0.15, 0.2) is 12.1 Å². The zero-order valence-electron chi connectivity index (χ0n) is 9.96. The molecule has 1 unspecified atom stereocenters. The van der Waals surface area contributed by atoms with Crippen LogP contribution in [0.1, 0.15) is 12.0 Å². The summed E-state index contributed by atoms with van der Waals surface area (Å²) in [5.74, 6) is -0.481. The summed E-state index contributed by atoms with van der Waals surface area (Å²) in [6.45, 7) is 1.84. The van der Waals surface area contributed by atoms with Crippen molar-refractivity contribution >= 4 is 40.7 Å². The minimum atomic E-state index is -0.598. The molecule has 1 N–H and O–H groups in total. The summed E-state index contributed by atoms with van der Waals surface area (Å²) < 4.78 is 0. The van der Waals surface area contributed by atoms with Crippen LogP contribution in [0.25, 0.3) is 0 Å². The second kappa shape index (κ2) is 4.78. The van der Waals surface area contributed by atoms with Crippen molar-refractivity contribution in [2.75, 3.05) is 12.4 Å². The van der Waals surface area contributed by atoms with Crippen LogP contribution in [0.4, 0.5) is 5.69 Å². The maximum Gasteiger partial charge on any atom is 0.251 e. The molecule has 1 aromatic rings. The van der Waals surface area contributed by atoms with Gasteiger partial charge in [-0.05, 0) is 18.6 Å². The number of hydrogen-bond donors (Lipinski definition) is 1. The molecule has 1 atom stereocenters. The number of hydrogen-bond acceptors (Lipinski definition) is 3. The Labute approximate surface area is 115 Å². The summed E-state index contributed by atoms with van der Waals surface area (Å²) >= 11 is 12.2. The molecular weight excluding hydrogens is 275 g/mol. The van der Waals surface area contributed by atoms with E-state index in [9.17, 15) is 9.59 Å². The Balaban J connectivity index is 2.28. The van der Waals surface area contributed by atoms with E-state index in [2.05, 4.69) is 5.32 Å². The molecule has 96 valence electrons. The summed E-state index contributed by atoms with van der Waals surface area (Å²) in [6.07, 6.45) is 0.121. The maximum absolute atomic E-state index is 11.8. The zero-order valence-corrected chi connectivity index (χ0v) is 11.5. The molecule has 0 bridgehead atoms. The van der Waals surface area contributed by atoms with Crippen LogP contribution in [0.3, 0.4) is 0 Å². The number of rotatable bonds is 2. The van der Waals surface area contributed by atoms with E-state index in [0.717, 1.165) is 10.5 Å². The SMILES string of the molecule is Cc1ccc(Cl)c(NC2CC(=O)N(C)C2=O)c1Cl. The molecule has 0 aromatic heterocycles. The molecule has 2 amide bonds. The smallest absolute Gasteiger partial charge is 0.251 e. The maximum atomic E-state index is 11.8. The lowest BCUT2D eigenvalue weighted by Crippen LogP contribution is -2.32. The zero-order chi connectivity index (χ0) is 13.4. The third kappa shape index (κ3) is 2.18. The van der Waals surface area contributed by atoms with Crippen LogP contribution in [-0.2, 0) is 9.59 Å². The van der Waals surface area contributed by atoms with Crippen LogP contribution in [0, 0.1) is 6.92 Å². The van der Waals surface area contributed by atoms with Crippen molar-refractivity contribution < 1.29 is 9.59 Å². The molecular formula is C12H12Cl2N2O2. The predicted molar refractivity (Wildman–Crippen MR) is 71.0 cm³/mol. The average molecular weight is 287 g/mol. The number of amides is 2. The van der Waals surface area contributed by atoms with E-state index in [-0.39, 0.29) is 18.2 Å². The highest BCUT2D eigenvalue weighted by Gasteiger charge is 2.36. The Kier molecular flexibility index (Phi) is 3.50. The number of halogens is 2. The number of likely N-dealkylation sites (N-methyl/N-ethyl adjacent to an activating group) is 1. The number of carbonyl (C=O) groups is 2. The van der Waals surface area contributed by atoms with Gasteiger partial charge in [0.15, 0.2) is 0 Å². The van der Waals surface area contributed by atoms with Crippen molar-refractivity contribution in [2.45, 2.75) is 19.4 Å². The molecule has 1 aliphatic rings. The van der Waals surface area contributed by atoms with Gasteiger partial charge in [-0.15, -0.1) is 0 Å². The molecule has 4 nitrogen and oxygen atoms in total. The summed E-state index contributed by atoms with van der Waals surface area (Å²) in [5.41, 5.74) is 1.36. The second-order valence-electron chi connectivity index (χ2n) is 4.25. The van der Waals surface area contributed by atoms with E-state index in [1.807, 2.05) is 6.92 Å². The lowest BCUT2D eigenvalue weighted by molar-refractivity contribution is -0.136. The highest BCUT2D eigenvalue weighted by atomic mass is 35.5. The molecule has 6 heteroatoms. The molecule has 0 aliphatic carbocycles. The second-order valence-corrected chi connectivity index (χ2v) is 5.03. The topological polar surface area (TPSA) is 49.4 Å². The van der Waals surface area contributed by atoms with Crippen LogP contribution in [0.2, 0.25) is 10.0 Å². The Morgan fingerprint density at radius 1 is 1.33 bits per heavy atom. The molecule has 2 rings (SSSR count). The lowest BCUT2D eigenvalue weighted by Gasteiger charge is -2.16. The fourth-order valence-electron chi connectivity index (χ4n) is 1.83. The number of imide groups is 1. The van der Waals surface area contributed by atoms with E-state index in [1.54, 1.807) is 12.1 Å². The molecule has 1 aromatic carbocycles. The fourth-order valence-corrected chi connectivity index (χ4v) is 2.31. The van der Waals surface area contributed by atoms with E-state index in [0.29, 0.717) is 15.7 Å². The molecule has 0 spiro atoms. The third-order valence-corrected chi connectivity index (χ3v) is 3.79. The lowest BCUT2D eigenvalue weighted by atomic mass is 10.2. The minimum Gasteiger partial charge on any atom is -0.371 e. The monoisotopic (exact) mass is 286 g/mol. The van der Waals surface area contributed by atoms with E-state index < -0.39 is 6.04 Å². The van der Waals surface area contributed by atoms with Crippen LogP contribution in [-0.4, -0.2) is 29.8 Å². The molecule has 1 heterocycles. The van der Waals surface area contributed by atoms with Gasteiger partial charge in [-0.3, -0.25) is 14.5 Å². The number of aryl methyl sites for hydroxylation is 1. The van der Waals surface area contributed by atoms with Crippen molar-refractivity contribution in [2.24, 2.45) is 0 Å². The van der Waals surface area contributed by atoms with Gasteiger partial charge in [0.1, 0.15) is 6.04 Å². The Bertz CT molecular complexity index is 531. The normalized spacial score (nSPS) is 19.6. The van der Waals surface area contributed by atoms with Crippen molar-refractivity contribution in [3.63, 3.8) is 0 Å². The molecule has 0 radical (unpaired) electrons. The minimum absolute atomic E-state index is 0.121. The van der Waals surface area contributed by atoms with Gasteiger partial charge < -0.3 is 5.32 Å². The van der Waals surface area contributed by atoms with Crippen molar-refractivity contribution in [3.8, 4) is 0 Å². The van der Waals surface area contributed by atoms with E-state index in [1.165, 1.54) is 7.05 Å². The largest absolute Gasteiger partial charge is 0.371 e. The van der Waals surface area contributed by atoms with Gasteiger partial charge in [-0.25, -0.2) is 0 Å². The number of nitrogens with one attached hydrogen (secondary N) is 1. The first-order chi connectivity index (χ1) is 8.41. The number of likely N-dealkylation sites (tertiary alicyclic amines) is 1. The van der Waals surface area contributed by atoms with Gasteiger partial charge in [0.05, 0.1) is 22.2 Å². The van der Waals surface area contributed by atoms with Crippen LogP contribution < -0.4 is 5.32 Å². The van der Waals surface area contributed by atoms with Gasteiger partial charge in [0.2, 0.25) is 5.91 Å². The predicted octanol–water partition coefficient (Wildman–Crippen LogP) is 2.47. The third-order valence-electron chi connectivity index (χ3n) is 2.98. The molecule has 1 saturated heterocycles. The van der Waals surface area contributed by atoms with E-state index in [4.69, 9.17) is 23.2 Å². The quantitative estimate of drug-likeness (QED) is 0.850. The highest BCUT2D eigenvalue weighted by molar-refractivity contribution is 6.39. The van der Waals surface area contributed by atoms with Gasteiger partial charge in [-0.2, -0.15) is 0 Å². The number of nitrogens with zero attached hydrogens (tertiary/aromatic N) is 1. The first-order valence-corrected chi connectivity index (χ1v) is 6.19. The average Bonchev–Trinajstić information content (AvgIpc) is 2.57. The summed E-state index contributed by atoms with van der Waals surface area (Å²) in [5, 5.41) is 3.85. The summed E-state index contributed by atoms with van der Waals surface area (Å²) in [7, 11) is 1.46. The standard InChI is InChI=1S/C12H12Cl2N2O2/c1-6-3-4-7(13)11(10(6)14)15-8-5-9(17)16(2)12(8)18/h3-4,8,15H,5H2,1-2H3. The van der Waals surface area contributed by atoms with Crippen molar-refractivity contribution in [1.29, 1.82) is 0 Å². The Hall–Kier alpha value is -1.26. The number of anilines is 1. The van der Waals surface area contributed by atoms with Gasteiger partial charge in [0.25, 0.3) is 5.91 Å². The first kappa shape index (κ1) is 13.2. The van der Waals surface area contributed by atoms with Crippen molar-refractivity contribution in [1.82, 2.24) is 4.90 Å². The van der Waals surface area contributed by atoms with Gasteiger partial charge in [0, 0.05) is 7.05 Å².